The Bertz CT molecular complexity index is 383. The summed E-state index contributed by atoms with van der Waals surface area (Å²) in [5, 5.41) is 3.44. The van der Waals surface area contributed by atoms with Crippen LogP contribution in [0.5, 0.6) is 0 Å². The molecule has 0 saturated carbocycles. The van der Waals surface area contributed by atoms with Crippen LogP contribution >= 0.6 is 0 Å². The first-order chi connectivity index (χ1) is 8.58. The molecule has 1 aromatic heterocycles. The molecule has 0 amide bonds. The Morgan fingerprint density at radius 2 is 2.28 bits per heavy atom. The molecule has 0 bridgehead atoms. The monoisotopic (exact) mass is 247 g/mol. The minimum absolute atomic E-state index is 0.596. The minimum Gasteiger partial charge on any atom is -0.384 e. The lowest BCUT2D eigenvalue weighted by Gasteiger charge is -2.06. The van der Waals surface area contributed by atoms with Gasteiger partial charge in [-0.1, -0.05) is 25.5 Å². The molecular formula is C15H25N3. The molecule has 0 aliphatic heterocycles. The number of rotatable bonds is 7. The van der Waals surface area contributed by atoms with Crippen LogP contribution < -0.4 is 11.1 Å². The van der Waals surface area contributed by atoms with Crippen LogP contribution in [0.3, 0.4) is 0 Å². The Hall–Kier alpha value is -1.35. The van der Waals surface area contributed by atoms with Gasteiger partial charge in [-0.05, 0) is 56.5 Å². The van der Waals surface area contributed by atoms with Crippen molar-refractivity contribution in [1.82, 2.24) is 10.3 Å². The molecule has 0 unspecified atom stereocenters. The molecule has 3 nitrogen and oxygen atoms in total. The third kappa shape index (κ3) is 6.40. The number of nitrogens with two attached hydrogens (primary N) is 1. The number of nitrogens with zero attached hydrogens (tertiary/aromatic N) is 1. The SMILES string of the molecule is CC(=CCCNCC(C)C)Cc1ccnc(N)c1. The van der Waals surface area contributed by atoms with Crippen LogP contribution in [0, 0.1) is 5.92 Å². The molecule has 0 radical (unpaired) electrons. The molecule has 1 aromatic rings. The highest BCUT2D eigenvalue weighted by molar-refractivity contribution is 5.33. The number of hydrogen-bond donors (Lipinski definition) is 2. The average molecular weight is 247 g/mol. The average Bonchev–Trinajstić information content (AvgIpc) is 2.28. The second-order valence-electron chi connectivity index (χ2n) is 5.20. The molecule has 3 N–H and O–H groups in total. The van der Waals surface area contributed by atoms with Gasteiger partial charge < -0.3 is 11.1 Å². The molecular weight excluding hydrogens is 222 g/mol. The van der Waals surface area contributed by atoms with E-state index in [0.717, 1.165) is 31.8 Å². The van der Waals surface area contributed by atoms with Crippen molar-refractivity contribution in [2.24, 2.45) is 5.92 Å². The van der Waals surface area contributed by atoms with Crippen molar-refractivity contribution < 1.29 is 0 Å². The molecule has 0 aromatic carbocycles. The number of anilines is 1. The van der Waals surface area contributed by atoms with E-state index in [1.807, 2.05) is 12.1 Å². The summed E-state index contributed by atoms with van der Waals surface area (Å²) in [4.78, 5) is 4.00. The van der Waals surface area contributed by atoms with E-state index < -0.39 is 0 Å². The van der Waals surface area contributed by atoms with Crippen molar-refractivity contribution in [2.75, 3.05) is 18.8 Å². The first kappa shape index (κ1) is 14.7. The highest BCUT2D eigenvalue weighted by Crippen LogP contribution is 2.09. The maximum atomic E-state index is 5.66. The predicted octanol–water partition coefficient (Wildman–Crippen LogP) is 2.79. The first-order valence-electron chi connectivity index (χ1n) is 6.64. The fourth-order valence-electron chi connectivity index (χ4n) is 1.81. The van der Waals surface area contributed by atoms with Crippen molar-refractivity contribution in [3.05, 3.63) is 35.5 Å². The van der Waals surface area contributed by atoms with Gasteiger partial charge in [-0.25, -0.2) is 4.98 Å². The van der Waals surface area contributed by atoms with Crippen LogP contribution in [0.2, 0.25) is 0 Å². The molecule has 18 heavy (non-hydrogen) atoms. The van der Waals surface area contributed by atoms with Gasteiger partial charge in [-0.3, -0.25) is 0 Å². The van der Waals surface area contributed by atoms with E-state index in [1.165, 1.54) is 11.1 Å². The van der Waals surface area contributed by atoms with Crippen molar-refractivity contribution >= 4 is 5.82 Å². The zero-order valence-corrected chi connectivity index (χ0v) is 11.7. The molecule has 1 heterocycles. The summed E-state index contributed by atoms with van der Waals surface area (Å²) in [7, 11) is 0. The Balaban J connectivity index is 2.29. The lowest BCUT2D eigenvalue weighted by Crippen LogP contribution is -2.20. The van der Waals surface area contributed by atoms with Gasteiger partial charge >= 0.3 is 0 Å². The van der Waals surface area contributed by atoms with Gasteiger partial charge in [0, 0.05) is 6.20 Å². The second kappa shape index (κ2) is 7.88. The third-order valence-corrected chi connectivity index (χ3v) is 2.69. The van der Waals surface area contributed by atoms with Crippen LogP contribution in [-0.4, -0.2) is 18.1 Å². The van der Waals surface area contributed by atoms with Crippen molar-refractivity contribution in [3.63, 3.8) is 0 Å². The molecule has 0 spiro atoms. The van der Waals surface area contributed by atoms with Crippen LogP contribution in [0.25, 0.3) is 0 Å². The standard InChI is InChI=1S/C15H25N3/c1-12(2)11-17-7-4-5-13(3)9-14-6-8-18-15(16)10-14/h5-6,8,10,12,17H,4,7,9,11H2,1-3H3,(H2,16,18). The van der Waals surface area contributed by atoms with Crippen LogP contribution in [0.4, 0.5) is 5.82 Å². The van der Waals surface area contributed by atoms with Crippen molar-refractivity contribution in [1.29, 1.82) is 0 Å². The number of nitrogen functional groups attached to an aromatic ring is 1. The molecule has 0 aliphatic rings. The molecule has 100 valence electrons. The van der Waals surface area contributed by atoms with E-state index in [0.29, 0.717) is 5.82 Å². The molecule has 0 aliphatic carbocycles. The fourth-order valence-corrected chi connectivity index (χ4v) is 1.81. The van der Waals surface area contributed by atoms with E-state index in [4.69, 9.17) is 5.73 Å². The minimum atomic E-state index is 0.596. The number of pyridine rings is 1. The number of nitrogens with one attached hydrogen (secondary N) is 1. The van der Waals surface area contributed by atoms with Crippen LogP contribution in [0.15, 0.2) is 30.0 Å². The lowest BCUT2D eigenvalue weighted by molar-refractivity contribution is 0.556. The van der Waals surface area contributed by atoms with Crippen molar-refractivity contribution in [3.8, 4) is 0 Å². The summed E-state index contributed by atoms with van der Waals surface area (Å²) in [6, 6.07) is 3.96. The van der Waals surface area contributed by atoms with Gasteiger partial charge in [0.1, 0.15) is 5.82 Å². The van der Waals surface area contributed by atoms with E-state index in [2.05, 4.69) is 37.1 Å². The van der Waals surface area contributed by atoms with Gasteiger partial charge in [-0.2, -0.15) is 0 Å². The summed E-state index contributed by atoms with van der Waals surface area (Å²) in [6.07, 6.45) is 6.10. The number of hydrogen-bond acceptors (Lipinski definition) is 3. The highest BCUT2D eigenvalue weighted by atomic mass is 14.8. The maximum absolute atomic E-state index is 5.66. The van der Waals surface area contributed by atoms with Gasteiger partial charge in [-0.15, -0.1) is 0 Å². The highest BCUT2D eigenvalue weighted by Gasteiger charge is 1.96. The molecule has 3 heteroatoms. The van der Waals surface area contributed by atoms with E-state index in [9.17, 15) is 0 Å². The molecule has 0 saturated heterocycles. The molecule has 0 fully saturated rings. The Morgan fingerprint density at radius 3 is 2.94 bits per heavy atom. The maximum Gasteiger partial charge on any atom is 0.123 e. The van der Waals surface area contributed by atoms with Crippen LogP contribution in [-0.2, 0) is 6.42 Å². The van der Waals surface area contributed by atoms with Gasteiger partial charge in [0.2, 0.25) is 0 Å². The Labute approximate surface area is 111 Å². The zero-order chi connectivity index (χ0) is 13.4. The zero-order valence-electron chi connectivity index (χ0n) is 11.7. The Morgan fingerprint density at radius 1 is 1.50 bits per heavy atom. The first-order valence-corrected chi connectivity index (χ1v) is 6.64. The summed E-state index contributed by atoms with van der Waals surface area (Å²) in [6.45, 7) is 8.75. The molecule has 0 atom stereocenters. The summed E-state index contributed by atoms with van der Waals surface area (Å²) >= 11 is 0. The lowest BCUT2D eigenvalue weighted by atomic mass is 10.1. The number of allylic oxidation sites excluding steroid dienone is 1. The van der Waals surface area contributed by atoms with E-state index in [1.54, 1.807) is 6.20 Å². The smallest absolute Gasteiger partial charge is 0.123 e. The van der Waals surface area contributed by atoms with Crippen molar-refractivity contribution in [2.45, 2.75) is 33.6 Å². The fraction of sp³-hybridized carbons (Fsp3) is 0.533. The second-order valence-corrected chi connectivity index (χ2v) is 5.20. The summed E-state index contributed by atoms with van der Waals surface area (Å²) in [5.41, 5.74) is 8.27. The van der Waals surface area contributed by atoms with Crippen LogP contribution in [0.1, 0.15) is 32.8 Å². The third-order valence-electron chi connectivity index (χ3n) is 2.69. The largest absolute Gasteiger partial charge is 0.384 e. The quantitative estimate of drug-likeness (QED) is 0.575. The predicted molar refractivity (Wildman–Crippen MR) is 78.4 cm³/mol. The van der Waals surface area contributed by atoms with E-state index in [-0.39, 0.29) is 0 Å². The summed E-state index contributed by atoms with van der Waals surface area (Å²) < 4.78 is 0. The van der Waals surface area contributed by atoms with Gasteiger partial charge in [0.05, 0.1) is 0 Å². The molecule has 1 rings (SSSR count). The van der Waals surface area contributed by atoms with Gasteiger partial charge in [0.15, 0.2) is 0 Å². The van der Waals surface area contributed by atoms with Gasteiger partial charge in [0.25, 0.3) is 0 Å². The normalized spacial score (nSPS) is 12.1. The summed E-state index contributed by atoms with van der Waals surface area (Å²) in [5.74, 6) is 1.31. The number of aromatic nitrogens is 1. The van der Waals surface area contributed by atoms with E-state index >= 15 is 0 Å². The topological polar surface area (TPSA) is 50.9 Å². The Kier molecular flexibility index (Phi) is 6.44.